The van der Waals surface area contributed by atoms with Gasteiger partial charge in [-0.3, -0.25) is 4.79 Å². The van der Waals surface area contributed by atoms with Crippen molar-refractivity contribution in [1.82, 2.24) is 0 Å². The van der Waals surface area contributed by atoms with Crippen LogP contribution in [-0.2, 0) is 0 Å². The van der Waals surface area contributed by atoms with Gasteiger partial charge in [-0.05, 0) is 38.1 Å². The third-order valence-electron chi connectivity index (χ3n) is 5.91. The van der Waals surface area contributed by atoms with Gasteiger partial charge in [0.2, 0.25) is 0 Å². The zero-order chi connectivity index (χ0) is 21.9. The molecule has 0 unspecified atom stereocenters. The topological polar surface area (TPSA) is 72.5 Å². The molecule has 3 aliphatic heterocycles. The van der Waals surface area contributed by atoms with Gasteiger partial charge in [-0.1, -0.05) is 0 Å². The highest BCUT2D eigenvalue weighted by Gasteiger charge is 2.45. The van der Waals surface area contributed by atoms with E-state index in [0.717, 1.165) is 0 Å². The maximum absolute atomic E-state index is 13.7. The lowest BCUT2D eigenvalue weighted by molar-refractivity contribution is 0.0551. The molecule has 0 aliphatic carbocycles. The van der Waals surface area contributed by atoms with Crippen molar-refractivity contribution in [3.8, 4) is 34.5 Å². The molecule has 7 nitrogen and oxygen atoms in total. The van der Waals surface area contributed by atoms with Gasteiger partial charge in [-0.15, -0.1) is 0 Å². The number of ether oxygens (including phenoxy) is 6. The lowest BCUT2D eigenvalue weighted by Crippen LogP contribution is -2.43. The molecule has 3 aliphatic rings. The van der Waals surface area contributed by atoms with Crippen LogP contribution in [0.3, 0.4) is 0 Å². The van der Waals surface area contributed by atoms with E-state index in [2.05, 4.69) is 0 Å². The average Bonchev–Trinajstić information content (AvgIpc) is 2.76. The van der Waals surface area contributed by atoms with Gasteiger partial charge in [-0.25, -0.2) is 0 Å². The summed E-state index contributed by atoms with van der Waals surface area (Å²) in [6, 6.07) is 5.25. The van der Waals surface area contributed by atoms with E-state index in [0.29, 0.717) is 51.2 Å². The molecule has 0 N–H and O–H groups in total. The molecule has 0 saturated heterocycles. The molecule has 0 fully saturated rings. The Hall–Kier alpha value is -3.35. The van der Waals surface area contributed by atoms with Gasteiger partial charge < -0.3 is 28.4 Å². The summed E-state index contributed by atoms with van der Waals surface area (Å²) in [7, 11) is 4.69. The van der Waals surface area contributed by atoms with Gasteiger partial charge >= 0.3 is 0 Å². The largest absolute Gasteiger partial charge is 0.493 e. The molecule has 0 amide bonds. The number of carbonyl (C=O) groups is 1. The van der Waals surface area contributed by atoms with Crippen molar-refractivity contribution < 1.29 is 33.2 Å². The molecule has 0 bridgehead atoms. The first-order chi connectivity index (χ1) is 14.9. The van der Waals surface area contributed by atoms with Crippen LogP contribution in [0.15, 0.2) is 24.3 Å². The monoisotopic (exact) mass is 424 g/mol. The maximum Gasteiger partial charge on any atom is 0.178 e. The predicted octanol–water partition coefficient (Wildman–Crippen LogP) is 4.02. The summed E-state index contributed by atoms with van der Waals surface area (Å²) in [6.45, 7) is 4.16. The number of rotatable bonds is 3. The first-order valence-electron chi connectivity index (χ1n) is 10.1. The fourth-order valence-corrected chi connectivity index (χ4v) is 4.39. The number of fused-ring (bicyclic) bond motifs is 6. The highest BCUT2D eigenvalue weighted by molar-refractivity contribution is 6.07. The Kier molecular flexibility index (Phi) is 4.32. The van der Waals surface area contributed by atoms with E-state index in [1.165, 1.54) is 0 Å². The smallest absolute Gasteiger partial charge is 0.178 e. The van der Waals surface area contributed by atoms with Crippen molar-refractivity contribution in [2.24, 2.45) is 0 Å². The van der Waals surface area contributed by atoms with E-state index in [9.17, 15) is 4.79 Å². The van der Waals surface area contributed by atoms with Gasteiger partial charge in [0.15, 0.2) is 28.8 Å². The van der Waals surface area contributed by atoms with Gasteiger partial charge in [0.05, 0.1) is 38.4 Å². The number of ketones is 1. The summed E-state index contributed by atoms with van der Waals surface area (Å²) >= 11 is 0. The zero-order valence-electron chi connectivity index (χ0n) is 18.1. The van der Waals surface area contributed by atoms with Gasteiger partial charge in [0.1, 0.15) is 29.8 Å². The molecule has 0 saturated carbocycles. The molecule has 2 aromatic carbocycles. The Bertz CT molecular complexity index is 1120. The first-order valence-corrected chi connectivity index (χ1v) is 10.1. The third-order valence-corrected chi connectivity index (χ3v) is 5.91. The van der Waals surface area contributed by atoms with Crippen LogP contribution in [-0.4, -0.2) is 45.4 Å². The van der Waals surface area contributed by atoms with Crippen LogP contribution in [0.2, 0.25) is 0 Å². The van der Waals surface area contributed by atoms with Crippen molar-refractivity contribution in [3.63, 3.8) is 0 Å². The fraction of sp³-hybridized carbons (Fsp3) is 0.375. The summed E-state index contributed by atoms with van der Waals surface area (Å²) in [5.41, 5.74) is 1.40. The summed E-state index contributed by atoms with van der Waals surface area (Å²) < 4.78 is 34.8. The quantitative estimate of drug-likeness (QED) is 0.737. The highest BCUT2D eigenvalue weighted by atomic mass is 16.6. The van der Waals surface area contributed by atoms with Crippen LogP contribution < -0.4 is 28.4 Å². The zero-order valence-corrected chi connectivity index (χ0v) is 18.1. The SMILES string of the molecule is COc1cc2c(cc1OC)[C@@H]1C(=O)c3cc(OC)c4c(c3O[C@@H]1CO2)C=CC(C)(C)O4. The second-order valence-corrected chi connectivity index (χ2v) is 8.29. The van der Waals surface area contributed by atoms with E-state index < -0.39 is 17.6 Å². The van der Waals surface area contributed by atoms with E-state index >= 15 is 0 Å². The van der Waals surface area contributed by atoms with Gasteiger partial charge in [0, 0.05) is 11.6 Å². The number of methoxy groups -OCH3 is 3. The minimum absolute atomic E-state index is 0.0534. The molecule has 0 spiro atoms. The maximum atomic E-state index is 13.7. The molecule has 0 aromatic heterocycles. The molecular formula is C24H24O7. The van der Waals surface area contributed by atoms with Gasteiger partial charge in [0.25, 0.3) is 0 Å². The molecule has 162 valence electrons. The third kappa shape index (κ3) is 2.91. The van der Waals surface area contributed by atoms with E-state index in [-0.39, 0.29) is 12.4 Å². The number of hydrogen-bond donors (Lipinski definition) is 0. The molecule has 7 heteroatoms. The van der Waals surface area contributed by atoms with Crippen molar-refractivity contribution in [2.45, 2.75) is 31.5 Å². The first kappa shape index (κ1) is 19.6. The molecule has 2 atom stereocenters. The van der Waals surface area contributed by atoms with Crippen molar-refractivity contribution in [1.29, 1.82) is 0 Å². The van der Waals surface area contributed by atoms with E-state index in [1.807, 2.05) is 26.0 Å². The Morgan fingerprint density at radius 1 is 0.968 bits per heavy atom. The van der Waals surface area contributed by atoms with Crippen LogP contribution in [0, 0.1) is 0 Å². The number of hydrogen-bond acceptors (Lipinski definition) is 7. The Morgan fingerprint density at radius 3 is 2.39 bits per heavy atom. The van der Waals surface area contributed by atoms with E-state index in [1.54, 1.807) is 39.5 Å². The fourth-order valence-electron chi connectivity index (χ4n) is 4.39. The molecule has 5 rings (SSSR count). The summed E-state index contributed by atoms with van der Waals surface area (Å²) in [4.78, 5) is 13.7. The minimum atomic E-state index is -0.524. The second kappa shape index (κ2) is 6.83. The van der Waals surface area contributed by atoms with Crippen molar-refractivity contribution in [3.05, 3.63) is 41.0 Å². The van der Waals surface area contributed by atoms with Crippen LogP contribution in [0.4, 0.5) is 0 Å². The number of Topliss-reactive ketones (excluding diaryl/α,β-unsaturated/α-hetero) is 1. The van der Waals surface area contributed by atoms with Gasteiger partial charge in [-0.2, -0.15) is 0 Å². The average molecular weight is 424 g/mol. The lowest BCUT2D eigenvalue weighted by Gasteiger charge is -2.39. The molecule has 0 radical (unpaired) electrons. The summed E-state index contributed by atoms with van der Waals surface area (Å²) in [5.74, 6) is 2.67. The molecule has 2 aromatic rings. The second-order valence-electron chi connectivity index (χ2n) is 8.29. The lowest BCUT2D eigenvalue weighted by atomic mass is 9.81. The molecular weight excluding hydrogens is 400 g/mol. The van der Waals surface area contributed by atoms with Crippen LogP contribution >= 0.6 is 0 Å². The standard InChI is InChI=1S/C24H24O7/c1-24(2)7-6-12-22-14(9-18(28-5)23(12)31-24)21(25)20-13-8-16(26-3)17(27-4)10-15(13)29-11-19(20)30-22/h6-10,19-20H,11H2,1-5H3/t19-,20+/m1/s1. The number of carbonyl (C=O) groups excluding carboxylic acids is 1. The summed E-state index contributed by atoms with van der Waals surface area (Å²) in [5, 5.41) is 0. The molecule has 31 heavy (non-hydrogen) atoms. The number of benzene rings is 2. The molecule has 3 heterocycles. The normalized spacial score (nSPS) is 21.9. The predicted molar refractivity (Wildman–Crippen MR) is 113 cm³/mol. The Balaban J connectivity index is 1.65. The van der Waals surface area contributed by atoms with E-state index in [4.69, 9.17) is 28.4 Å². The van der Waals surface area contributed by atoms with Crippen LogP contribution in [0.25, 0.3) is 6.08 Å². The Labute approximate surface area is 180 Å². The van der Waals surface area contributed by atoms with Crippen molar-refractivity contribution in [2.75, 3.05) is 27.9 Å². The van der Waals surface area contributed by atoms with Crippen LogP contribution in [0.5, 0.6) is 34.5 Å². The van der Waals surface area contributed by atoms with Crippen LogP contribution in [0.1, 0.15) is 41.3 Å². The summed E-state index contributed by atoms with van der Waals surface area (Å²) in [6.07, 6.45) is 3.41. The van der Waals surface area contributed by atoms with Crippen molar-refractivity contribution >= 4 is 11.9 Å². The minimum Gasteiger partial charge on any atom is -0.493 e. The Morgan fingerprint density at radius 2 is 1.68 bits per heavy atom. The highest BCUT2D eigenvalue weighted by Crippen LogP contribution is 2.52.